The molecule has 1 N–H and O–H groups in total. The maximum Gasteiger partial charge on any atom is 0.443 e. The number of carbonyl (C=O) groups is 1. The SMILES string of the molecule is CC(=O)NC1CC2CN(c3ncnc4sc(C(F)(F)F)nc34)CC21. The lowest BCUT2D eigenvalue weighted by Gasteiger charge is -2.39. The summed E-state index contributed by atoms with van der Waals surface area (Å²) in [5.74, 6) is 1.12. The molecule has 2 aliphatic rings. The second kappa shape index (κ2) is 5.27. The molecule has 2 fully saturated rings. The van der Waals surface area contributed by atoms with Crippen LogP contribution in [0, 0.1) is 11.8 Å². The van der Waals surface area contributed by atoms with Gasteiger partial charge in [0.1, 0.15) is 16.7 Å². The average Bonchev–Trinajstić information content (AvgIpc) is 3.05. The zero-order chi connectivity index (χ0) is 17.1. The molecule has 0 spiro atoms. The van der Waals surface area contributed by atoms with Crippen molar-refractivity contribution in [3.05, 3.63) is 11.3 Å². The third-order valence-corrected chi connectivity index (χ3v) is 5.68. The van der Waals surface area contributed by atoms with Gasteiger partial charge in [0.05, 0.1) is 0 Å². The molecule has 1 amide bonds. The molecule has 10 heteroatoms. The fourth-order valence-corrected chi connectivity index (χ4v) is 4.37. The first kappa shape index (κ1) is 15.6. The van der Waals surface area contributed by atoms with Gasteiger partial charge in [0.2, 0.25) is 10.9 Å². The fourth-order valence-electron chi connectivity index (χ4n) is 3.60. The van der Waals surface area contributed by atoms with E-state index < -0.39 is 11.2 Å². The van der Waals surface area contributed by atoms with E-state index in [2.05, 4.69) is 20.3 Å². The number of hydrogen-bond donors (Lipinski definition) is 1. The molecule has 24 heavy (non-hydrogen) atoms. The lowest BCUT2D eigenvalue weighted by molar-refractivity contribution is -0.137. The van der Waals surface area contributed by atoms with E-state index >= 15 is 0 Å². The van der Waals surface area contributed by atoms with E-state index in [1.807, 2.05) is 4.90 Å². The van der Waals surface area contributed by atoms with E-state index in [9.17, 15) is 18.0 Å². The maximum absolute atomic E-state index is 12.9. The van der Waals surface area contributed by atoms with Gasteiger partial charge in [-0.3, -0.25) is 4.79 Å². The molecule has 1 aliphatic carbocycles. The molecule has 0 bridgehead atoms. The Morgan fingerprint density at radius 1 is 1.38 bits per heavy atom. The summed E-state index contributed by atoms with van der Waals surface area (Å²) in [5.41, 5.74) is 0.201. The first-order valence-electron chi connectivity index (χ1n) is 7.53. The number of hydrogen-bond acceptors (Lipinski definition) is 6. The van der Waals surface area contributed by atoms with Crippen LogP contribution in [0.4, 0.5) is 19.0 Å². The van der Waals surface area contributed by atoms with Crippen LogP contribution < -0.4 is 10.2 Å². The molecular formula is C14H14F3N5OS. The number of aromatic nitrogens is 3. The molecule has 2 aromatic heterocycles. The van der Waals surface area contributed by atoms with Crippen molar-refractivity contribution < 1.29 is 18.0 Å². The van der Waals surface area contributed by atoms with Gasteiger partial charge in [-0.05, 0) is 12.3 Å². The van der Waals surface area contributed by atoms with E-state index in [1.54, 1.807) is 0 Å². The van der Waals surface area contributed by atoms with E-state index in [4.69, 9.17) is 0 Å². The van der Waals surface area contributed by atoms with Crippen LogP contribution in [-0.2, 0) is 11.0 Å². The molecular weight excluding hydrogens is 343 g/mol. The highest BCUT2D eigenvalue weighted by molar-refractivity contribution is 7.18. The molecule has 0 radical (unpaired) electrons. The van der Waals surface area contributed by atoms with Gasteiger partial charge in [-0.15, -0.1) is 0 Å². The molecule has 1 saturated carbocycles. The van der Waals surface area contributed by atoms with Crippen molar-refractivity contribution in [3.8, 4) is 0 Å². The largest absolute Gasteiger partial charge is 0.443 e. The van der Waals surface area contributed by atoms with Crippen molar-refractivity contribution in [2.75, 3.05) is 18.0 Å². The summed E-state index contributed by atoms with van der Waals surface area (Å²) >= 11 is 0.532. The van der Waals surface area contributed by atoms with Crippen LogP contribution in [0.25, 0.3) is 10.3 Å². The Hall–Kier alpha value is -1.97. The minimum absolute atomic E-state index is 0.0596. The molecule has 1 aliphatic heterocycles. The van der Waals surface area contributed by atoms with Crippen LogP contribution in [-0.4, -0.2) is 40.0 Å². The molecule has 3 heterocycles. The van der Waals surface area contributed by atoms with E-state index in [0.717, 1.165) is 6.42 Å². The molecule has 0 aromatic carbocycles. The summed E-state index contributed by atoms with van der Waals surface area (Å²) in [6, 6.07) is 0.135. The highest BCUT2D eigenvalue weighted by Crippen LogP contribution is 2.44. The molecule has 6 nitrogen and oxygen atoms in total. The Kier molecular flexibility index (Phi) is 3.41. The van der Waals surface area contributed by atoms with E-state index in [1.165, 1.54) is 13.3 Å². The Morgan fingerprint density at radius 3 is 2.88 bits per heavy atom. The van der Waals surface area contributed by atoms with Crippen molar-refractivity contribution in [3.63, 3.8) is 0 Å². The summed E-state index contributed by atoms with van der Waals surface area (Å²) < 4.78 is 38.7. The van der Waals surface area contributed by atoms with Gasteiger partial charge in [0.15, 0.2) is 5.82 Å². The van der Waals surface area contributed by atoms with Crippen LogP contribution >= 0.6 is 11.3 Å². The highest BCUT2D eigenvalue weighted by Gasteiger charge is 2.48. The number of halogens is 3. The number of rotatable bonds is 2. The fraction of sp³-hybridized carbons (Fsp3) is 0.571. The summed E-state index contributed by atoms with van der Waals surface area (Å²) in [5, 5.41) is 2.02. The predicted molar refractivity (Wildman–Crippen MR) is 81.6 cm³/mol. The van der Waals surface area contributed by atoms with Crippen molar-refractivity contribution in [2.24, 2.45) is 11.8 Å². The van der Waals surface area contributed by atoms with Gasteiger partial charge in [-0.2, -0.15) is 13.2 Å². The smallest absolute Gasteiger partial charge is 0.354 e. The minimum atomic E-state index is -4.48. The quantitative estimate of drug-likeness (QED) is 0.891. The van der Waals surface area contributed by atoms with Crippen molar-refractivity contribution >= 4 is 33.4 Å². The molecule has 3 unspecified atom stereocenters. The number of alkyl halides is 3. The highest BCUT2D eigenvalue weighted by atomic mass is 32.1. The van der Waals surface area contributed by atoms with Gasteiger partial charge >= 0.3 is 6.18 Å². The number of amides is 1. The first-order valence-corrected chi connectivity index (χ1v) is 8.35. The molecule has 2 aromatic rings. The molecule has 3 atom stereocenters. The standard InChI is InChI=1S/C14H14F3N5OS/c1-6(23)20-9-2-7-3-22(4-8(7)9)11-10-12(19-5-18-11)24-13(21-10)14(15,16)17/h5,7-9H,2-4H2,1H3,(H,20,23). The summed E-state index contributed by atoms with van der Waals surface area (Å²) in [6.07, 6.45) is -2.31. The monoisotopic (exact) mass is 357 g/mol. The molecule has 4 rings (SSSR count). The molecule has 1 saturated heterocycles. The zero-order valence-corrected chi connectivity index (χ0v) is 13.5. The predicted octanol–water partition coefficient (Wildman–Crippen LogP) is 2.07. The minimum Gasteiger partial charge on any atom is -0.354 e. The topological polar surface area (TPSA) is 71.0 Å². The van der Waals surface area contributed by atoms with E-state index in [0.29, 0.717) is 42.1 Å². The maximum atomic E-state index is 12.9. The van der Waals surface area contributed by atoms with Crippen molar-refractivity contribution in [1.29, 1.82) is 0 Å². The lowest BCUT2D eigenvalue weighted by Crippen LogP contribution is -2.51. The second-order valence-corrected chi connectivity index (χ2v) is 7.22. The number of nitrogens with zero attached hydrogens (tertiary/aromatic N) is 4. The number of thiazole rings is 1. The van der Waals surface area contributed by atoms with Gasteiger partial charge in [0, 0.05) is 32.0 Å². The second-order valence-electron chi connectivity index (χ2n) is 6.24. The number of fused-ring (bicyclic) bond motifs is 2. The first-order chi connectivity index (χ1) is 11.3. The van der Waals surface area contributed by atoms with Crippen LogP contribution in [0.5, 0.6) is 0 Å². The van der Waals surface area contributed by atoms with Crippen LogP contribution in [0.2, 0.25) is 0 Å². The normalized spacial score (nSPS) is 26.3. The van der Waals surface area contributed by atoms with Crippen molar-refractivity contribution in [1.82, 2.24) is 20.3 Å². The number of anilines is 1. The van der Waals surface area contributed by atoms with Gasteiger partial charge < -0.3 is 10.2 Å². The summed E-state index contributed by atoms with van der Waals surface area (Å²) in [6.45, 7) is 2.86. The third kappa shape index (κ3) is 2.48. The summed E-state index contributed by atoms with van der Waals surface area (Å²) in [4.78, 5) is 25.2. The Balaban J connectivity index is 1.61. The van der Waals surface area contributed by atoms with Crippen LogP contribution in [0.15, 0.2) is 6.33 Å². The summed E-state index contributed by atoms with van der Waals surface area (Å²) in [7, 11) is 0. The van der Waals surface area contributed by atoms with Crippen LogP contribution in [0.3, 0.4) is 0 Å². The van der Waals surface area contributed by atoms with Gasteiger partial charge in [-0.25, -0.2) is 15.0 Å². The van der Waals surface area contributed by atoms with Gasteiger partial charge in [-0.1, -0.05) is 11.3 Å². The Labute approximate surface area is 139 Å². The zero-order valence-electron chi connectivity index (χ0n) is 12.7. The average molecular weight is 357 g/mol. The number of nitrogens with one attached hydrogen (secondary N) is 1. The lowest BCUT2D eigenvalue weighted by atomic mass is 9.71. The van der Waals surface area contributed by atoms with Crippen molar-refractivity contribution in [2.45, 2.75) is 25.6 Å². The third-order valence-electron chi connectivity index (χ3n) is 4.67. The number of carbonyl (C=O) groups excluding carboxylic acids is 1. The van der Waals surface area contributed by atoms with Crippen LogP contribution in [0.1, 0.15) is 18.4 Å². The van der Waals surface area contributed by atoms with Gasteiger partial charge in [0.25, 0.3) is 0 Å². The van der Waals surface area contributed by atoms with E-state index in [-0.39, 0.29) is 22.3 Å². The Morgan fingerprint density at radius 2 is 2.17 bits per heavy atom. The Bertz CT molecular complexity index is 807. The molecule has 128 valence electrons.